The Hall–Kier alpha value is -1.56. The van der Waals surface area contributed by atoms with E-state index >= 15 is 0 Å². The molecule has 2 bridgehead atoms. The highest BCUT2D eigenvalue weighted by atomic mass is 35.5. The van der Waals surface area contributed by atoms with Gasteiger partial charge >= 0.3 is 6.09 Å². The highest BCUT2D eigenvalue weighted by molar-refractivity contribution is 7.11. The van der Waals surface area contributed by atoms with E-state index in [0.29, 0.717) is 12.5 Å². The van der Waals surface area contributed by atoms with E-state index in [0.717, 1.165) is 38.2 Å². The zero-order chi connectivity index (χ0) is 17.2. The molecule has 26 heavy (non-hydrogen) atoms. The van der Waals surface area contributed by atoms with Crippen LogP contribution in [0.15, 0.2) is 42.5 Å². The Morgan fingerprint density at radius 2 is 1.92 bits per heavy atom. The molecule has 6 heteroatoms. The molecule has 5 rings (SSSR count). The number of aryl methyl sites for hydroxylation is 1. The van der Waals surface area contributed by atoms with Crippen molar-refractivity contribution >= 4 is 35.5 Å². The molecule has 1 aromatic heterocycles. The molecular formula is C20H25ClN2O2S. The molecular weight excluding hydrogens is 368 g/mol. The number of amides is 1. The Balaban J connectivity index is 0.00000196. The first-order valence-corrected chi connectivity index (χ1v) is 9.81. The fourth-order valence-corrected chi connectivity index (χ4v) is 4.71. The molecule has 0 saturated carbocycles. The van der Waals surface area contributed by atoms with Crippen LogP contribution in [0.3, 0.4) is 0 Å². The Kier molecular flexibility index (Phi) is 6.22. The van der Waals surface area contributed by atoms with Gasteiger partial charge in [0.05, 0.1) is 6.54 Å². The lowest BCUT2D eigenvalue weighted by atomic mass is 9.86. The van der Waals surface area contributed by atoms with Gasteiger partial charge in [-0.3, -0.25) is 9.80 Å². The number of rotatable bonds is 4. The molecule has 1 atom stereocenters. The maximum absolute atomic E-state index is 13.0. The van der Waals surface area contributed by atoms with Crippen molar-refractivity contribution in [3.05, 3.63) is 52.2 Å². The van der Waals surface area contributed by atoms with Crippen LogP contribution in [0.25, 0.3) is 0 Å². The van der Waals surface area contributed by atoms with E-state index in [-0.39, 0.29) is 24.6 Å². The van der Waals surface area contributed by atoms with Gasteiger partial charge in [-0.05, 0) is 63.0 Å². The van der Waals surface area contributed by atoms with E-state index in [2.05, 4.69) is 24.0 Å². The first-order valence-electron chi connectivity index (χ1n) is 9.00. The predicted molar refractivity (Wildman–Crippen MR) is 108 cm³/mol. The van der Waals surface area contributed by atoms with Gasteiger partial charge < -0.3 is 4.74 Å². The van der Waals surface area contributed by atoms with Crippen LogP contribution in [-0.2, 0) is 11.3 Å². The van der Waals surface area contributed by atoms with Gasteiger partial charge in [0.1, 0.15) is 6.10 Å². The third-order valence-corrected chi connectivity index (χ3v) is 6.23. The van der Waals surface area contributed by atoms with E-state index in [1.807, 2.05) is 30.3 Å². The lowest BCUT2D eigenvalue weighted by molar-refractivity contribution is -0.0311. The molecule has 0 unspecified atom stereocenters. The van der Waals surface area contributed by atoms with Gasteiger partial charge in [0, 0.05) is 22.0 Å². The SMILES string of the molecule is Cc1ccc(CN(C(=O)O[C@H]2CN3CCC2CC3)c2ccccc2)s1.Cl. The number of thiophene rings is 1. The first-order chi connectivity index (χ1) is 12.2. The third kappa shape index (κ3) is 4.22. The highest BCUT2D eigenvalue weighted by Gasteiger charge is 2.37. The molecule has 0 spiro atoms. The lowest BCUT2D eigenvalue weighted by Gasteiger charge is -2.44. The van der Waals surface area contributed by atoms with Crippen molar-refractivity contribution in [1.29, 1.82) is 0 Å². The normalized spacial score (nSPS) is 24.0. The van der Waals surface area contributed by atoms with Crippen molar-refractivity contribution in [2.24, 2.45) is 5.92 Å². The monoisotopic (exact) mass is 392 g/mol. The fraction of sp³-hybridized carbons (Fsp3) is 0.450. The summed E-state index contributed by atoms with van der Waals surface area (Å²) in [5, 5.41) is 0. The zero-order valence-corrected chi connectivity index (χ0v) is 16.6. The van der Waals surface area contributed by atoms with E-state index < -0.39 is 0 Å². The average Bonchev–Trinajstić information content (AvgIpc) is 3.06. The first kappa shape index (κ1) is 19.2. The predicted octanol–water partition coefficient (Wildman–Crippen LogP) is 4.72. The molecule has 3 aliphatic heterocycles. The Labute approximate surface area is 165 Å². The van der Waals surface area contributed by atoms with Crippen LogP contribution in [0, 0.1) is 12.8 Å². The molecule has 1 amide bonds. The summed E-state index contributed by atoms with van der Waals surface area (Å²) in [6.07, 6.45) is 2.10. The number of para-hydroxylation sites is 1. The van der Waals surface area contributed by atoms with Crippen LogP contribution in [-0.4, -0.2) is 36.7 Å². The molecule has 3 fully saturated rings. The van der Waals surface area contributed by atoms with Gasteiger partial charge in [0.2, 0.25) is 0 Å². The zero-order valence-electron chi connectivity index (χ0n) is 15.0. The number of fused-ring (bicyclic) bond motifs is 3. The average molecular weight is 393 g/mol. The molecule has 3 saturated heterocycles. The summed E-state index contributed by atoms with van der Waals surface area (Å²) in [5.41, 5.74) is 0.889. The minimum absolute atomic E-state index is 0. The molecule has 140 valence electrons. The Bertz CT molecular complexity index is 728. The van der Waals surface area contributed by atoms with Gasteiger partial charge in [-0.15, -0.1) is 23.7 Å². The second kappa shape index (κ2) is 8.42. The van der Waals surface area contributed by atoms with Gasteiger partial charge in [-0.2, -0.15) is 0 Å². The third-order valence-electron chi connectivity index (χ3n) is 5.25. The molecule has 3 aliphatic rings. The number of nitrogens with zero attached hydrogens (tertiary/aromatic N) is 2. The van der Waals surface area contributed by atoms with Crippen molar-refractivity contribution in [1.82, 2.24) is 4.90 Å². The van der Waals surface area contributed by atoms with Gasteiger partial charge in [-0.1, -0.05) is 18.2 Å². The van der Waals surface area contributed by atoms with Crippen LogP contribution in [0.5, 0.6) is 0 Å². The number of anilines is 1. The summed E-state index contributed by atoms with van der Waals surface area (Å²) in [6, 6.07) is 14.0. The van der Waals surface area contributed by atoms with Crippen molar-refractivity contribution in [3.8, 4) is 0 Å². The van der Waals surface area contributed by atoms with Gasteiger partial charge in [0.15, 0.2) is 0 Å². The van der Waals surface area contributed by atoms with Gasteiger partial charge in [-0.25, -0.2) is 4.79 Å². The number of halogens is 1. The summed E-state index contributed by atoms with van der Waals surface area (Å²) >= 11 is 1.73. The number of ether oxygens (including phenoxy) is 1. The largest absolute Gasteiger partial charge is 0.444 e. The van der Waals surface area contributed by atoms with Crippen LogP contribution >= 0.6 is 23.7 Å². The number of hydrogen-bond donors (Lipinski definition) is 0. The van der Waals surface area contributed by atoms with Crippen molar-refractivity contribution < 1.29 is 9.53 Å². The molecule has 0 radical (unpaired) electrons. The van der Waals surface area contributed by atoms with E-state index in [1.165, 1.54) is 9.75 Å². The van der Waals surface area contributed by atoms with Crippen molar-refractivity contribution in [2.45, 2.75) is 32.4 Å². The number of benzene rings is 1. The molecule has 4 heterocycles. The minimum atomic E-state index is -0.226. The maximum Gasteiger partial charge on any atom is 0.414 e. The summed E-state index contributed by atoms with van der Waals surface area (Å²) in [7, 11) is 0. The van der Waals surface area contributed by atoms with Crippen LogP contribution in [0.1, 0.15) is 22.6 Å². The van der Waals surface area contributed by atoms with Crippen LogP contribution < -0.4 is 4.90 Å². The van der Waals surface area contributed by atoms with Gasteiger partial charge in [0.25, 0.3) is 0 Å². The van der Waals surface area contributed by atoms with Crippen LogP contribution in [0.4, 0.5) is 10.5 Å². The number of carbonyl (C=O) groups is 1. The molecule has 2 aromatic rings. The molecule has 0 N–H and O–H groups in total. The summed E-state index contributed by atoms with van der Waals surface area (Å²) < 4.78 is 5.97. The van der Waals surface area contributed by atoms with E-state index in [4.69, 9.17) is 4.74 Å². The standard InChI is InChI=1S/C20H24N2O2S.ClH/c1-15-7-8-18(25-15)13-22(17-5-3-2-4-6-17)20(23)24-19-14-21-11-9-16(19)10-12-21;/h2-8,16,19H,9-14H2,1H3;1H/t19-;/m0./s1. The second-order valence-corrected chi connectivity index (χ2v) is 8.37. The second-order valence-electron chi connectivity index (χ2n) is 6.99. The summed E-state index contributed by atoms with van der Waals surface area (Å²) in [6.45, 7) is 5.83. The fourth-order valence-electron chi connectivity index (χ4n) is 3.83. The summed E-state index contributed by atoms with van der Waals surface area (Å²) in [5.74, 6) is 0.524. The number of carbonyl (C=O) groups excluding carboxylic acids is 1. The quantitative estimate of drug-likeness (QED) is 0.754. The lowest BCUT2D eigenvalue weighted by Crippen LogP contribution is -2.53. The smallest absolute Gasteiger partial charge is 0.414 e. The topological polar surface area (TPSA) is 32.8 Å². The summed E-state index contributed by atoms with van der Waals surface area (Å²) in [4.78, 5) is 19.6. The Morgan fingerprint density at radius 3 is 2.50 bits per heavy atom. The van der Waals surface area contributed by atoms with Crippen molar-refractivity contribution in [3.63, 3.8) is 0 Å². The maximum atomic E-state index is 13.0. The highest BCUT2D eigenvalue weighted by Crippen LogP contribution is 2.31. The van der Waals surface area contributed by atoms with E-state index in [1.54, 1.807) is 16.2 Å². The number of piperidine rings is 3. The number of hydrogen-bond acceptors (Lipinski definition) is 4. The van der Waals surface area contributed by atoms with Crippen molar-refractivity contribution in [2.75, 3.05) is 24.5 Å². The minimum Gasteiger partial charge on any atom is -0.444 e. The molecule has 0 aliphatic carbocycles. The Morgan fingerprint density at radius 1 is 1.19 bits per heavy atom. The molecule has 1 aromatic carbocycles. The van der Waals surface area contributed by atoms with Crippen LogP contribution in [0.2, 0.25) is 0 Å². The van der Waals surface area contributed by atoms with E-state index in [9.17, 15) is 4.79 Å². The molecule has 4 nitrogen and oxygen atoms in total.